The molecular formula is C12H20N2O. The Morgan fingerprint density at radius 1 is 1.40 bits per heavy atom. The van der Waals surface area contributed by atoms with E-state index in [2.05, 4.69) is 24.0 Å². The number of benzene rings is 1. The molecule has 0 atom stereocenters. The molecule has 3 heteroatoms. The molecule has 1 aromatic rings. The van der Waals surface area contributed by atoms with E-state index in [-0.39, 0.29) is 0 Å². The second-order valence-corrected chi connectivity index (χ2v) is 3.63. The van der Waals surface area contributed by atoms with E-state index in [9.17, 15) is 0 Å². The topological polar surface area (TPSA) is 38.5 Å². The van der Waals surface area contributed by atoms with Gasteiger partial charge in [0.05, 0.1) is 18.0 Å². The summed E-state index contributed by atoms with van der Waals surface area (Å²) in [5.74, 6) is 0. The zero-order valence-electron chi connectivity index (χ0n) is 9.79. The number of likely N-dealkylation sites (N-methyl/N-ethyl adjacent to an activating group) is 1. The molecule has 1 rings (SSSR count). The summed E-state index contributed by atoms with van der Waals surface area (Å²) in [7, 11) is 1.71. The molecular weight excluding hydrogens is 188 g/mol. The van der Waals surface area contributed by atoms with Gasteiger partial charge in [-0.2, -0.15) is 0 Å². The van der Waals surface area contributed by atoms with Crippen LogP contribution in [0.3, 0.4) is 0 Å². The van der Waals surface area contributed by atoms with Crippen molar-refractivity contribution in [3.8, 4) is 0 Å². The largest absolute Gasteiger partial charge is 0.397 e. The number of rotatable bonds is 5. The van der Waals surface area contributed by atoms with Crippen LogP contribution in [0.15, 0.2) is 18.2 Å². The van der Waals surface area contributed by atoms with Gasteiger partial charge in [-0.15, -0.1) is 0 Å². The smallest absolute Gasteiger partial charge is 0.0637 e. The number of nitrogen functional groups attached to an aromatic ring is 1. The Morgan fingerprint density at radius 3 is 2.67 bits per heavy atom. The van der Waals surface area contributed by atoms with Crippen LogP contribution in [0.4, 0.5) is 11.4 Å². The Bertz CT molecular complexity index is 312. The molecule has 15 heavy (non-hydrogen) atoms. The fraction of sp³-hybridized carbons (Fsp3) is 0.500. The number of methoxy groups -OCH3 is 1. The first-order valence-electron chi connectivity index (χ1n) is 5.29. The molecule has 0 fully saturated rings. The highest BCUT2D eigenvalue weighted by Crippen LogP contribution is 2.23. The summed E-state index contributed by atoms with van der Waals surface area (Å²) < 4.78 is 5.08. The standard InChI is InChI=1S/C12H20N2O/c1-4-14(7-8-15-3)12-6-5-10(2)9-11(12)13/h5-6,9H,4,7-8,13H2,1-3H3. The summed E-state index contributed by atoms with van der Waals surface area (Å²) in [5.41, 5.74) is 9.12. The molecule has 0 aliphatic carbocycles. The quantitative estimate of drug-likeness (QED) is 0.753. The second-order valence-electron chi connectivity index (χ2n) is 3.63. The Balaban J connectivity index is 2.81. The van der Waals surface area contributed by atoms with Crippen molar-refractivity contribution in [1.82, 2.24) is 0 Å². The molecule has 3 nitrogen and oxygen atoms in total. The number of ether oxygens (including phenoxy) is 1. The maximum absolute atomic E-state index is 5.99. The maximum atomic E-state index is 5.99. The highest BCUT2D eigenvalue weighted by Gasteiger charge is 2.07. The van der Waals surface area contributed by atoms with Crippen molar-refractivity contribution in [3.63, 3.8) is 0 Å². The van der Waals surface area contributed by atoms with E-state index >= 15 is 0 Å². The minimum atomic E-state index is 0.723. The number of aryl methyl sites for hydroxylation is 1. The first kappa shape index (κ1) is 11.9. The molecule has 0 saturated carbocycles. The van der Waals surface area contributed by atoms with Crippen molar-refractivity contribution in [2.45, 2.75) is 13.8 Å². The van der Waals surface area contributed by atoms with Crippen LogP contribution in [-0.2, 0) is 4.74 Å². The van der Waals surface area contributed by atoms with Crippen LogP contribution in [0.25, 0.3) is 0 Å². The molecule has 0 bridgehead atoms. The van der Waals surface area contributed by atoms with Gasteiger partial charge in [0.1, 0.15) is 0 Å². The minimum Gasteiger partial charge on any atom is -0.397 e. The molecule has 0 spiro atoms. The zero-order chi connectivity index (χ0) is 11.3. The third-order valence-electron chi connectivity index (χ3n) is 2.47. The highest BCUT2D eigenvalue weighted by molar-refractivity contribution is 5.68. The number of anilines is 2. The van der Waals surface area contributed by atoms with Gasteiger partial charge in [-0.25, -0.2) is 0 Å². The lowest BCUT2D eigenvalue weighted by molar-refractivity contribution is 0.205. The van der Waals surface area contributed by atoms with Gasteiger partial charge < -0.3 is 15.4 Å². The molecule has 0 aliphatic rings. The highest BCUT2D eigenvalue weighted by atomic mass is 16.5. The fourth-order valence-corrected chi connectivity index (χ4v) is 1.61. The predicted octanol–water partition coefficient (Wildman–Crippen LogP) is 2.05. The van der Waals surface area contributed by atoms with Gasteiger partial charge in [-0.05, 0) is 31.5 Å². The summed E-state index contributed by atoms with van der Waals surface area (Å²) in [6.07, 6.45) is 0. The summed E-state index contributed by atoms with van der Waals surface area (Å²) >= 11 is 0. The van der Waals surface area contributed by atoms with Crippen molar-refractivity contribution in [2.75, 3.05) is 37.4 Å². The molecule has 2 N–H and O–H groups in total. The van der Waals surface area contributed by atoms with E-state index in [4.69, 9.17) is 10.5 Å². The van der Waals surface area contributed by atoms with Crippen LogP contribution in [-0.4, -0.2) is 26.8 Å². The molecule has 0 saturated heterocycles. The van der Waals surface area contributed by atoms with E-state index in [1.165, 1.54) is 5.56 Å². The van der Waals surface area contributed by atoms with Gasteiger partial charge in [0.15, 0.2) is 0 Å². The molecule has 0 amide bonds. The number of hydrogen-bond donors (Lipinski definition) is 1. The third kappa shape index (κ3) is 3.13. The van der Waals surface area contributed by atoms with Crippen LogP contribution in [0.1, 0.15) is 12.5 Å². The molecule has 0 aliphatic heterocycles. The lowest BCUT2D eigenvalue weighted by atomic mass is 10.2. The molecule has 1 aromatic carbocycles. The van der Waals surface area contributed by atoms with Crippen molar-refractivity contribution < 1.29 is 4.74 Å². The van der Waals surface area contributed by atoms with E-state index in [0.29, 0.717) is 0 Å². The van der Waals surface area contributed by atoms with Crippen molar-refractivity contribution in [2.24, 2.45) is 0 Å². The van der Waals surface area contributed by atoms with E-state index in [1.807, 2.05) is 13.0 Å². The Kier molecular flexibility index (Phi) is 4.43. The Labute approximate surface area is 91.8 Å². The van der Waals surface area contributed by atoms with Gasteiger partial charge in [-0.3, -0.25) is 0 Å². The van der Waals surface area contributed by atoms with Crippen molar-refractivity contribution >= 4 is 11.4 Å². The maximum Gasteiger partial charge on any atom is 0.0637 e. The lowest BCUT2D eigenvalue weighted by Gasteiger charge is -2.24. The summed E-state index contributed by atoms with van der Waals surface area (Å²) in [5, 5.41) is 0. The van der Waals surface area contributed by atoms with Crippen LogP contribution < -0.4 is 10.6 Å². The van der Waals surface area contributed by atoms with Gasteiger partial charge in [0.2, 0.25) is 0 Å². The Hall–Kier alpha value is -1.22. The normalized spacial score (nSPS) is 10.3. The third-order valence-corrected chi connectivity index (χ3v) is 2.47. The van der Waals surface area contributed by atoms with Gasteiger partial charge >= 0.3 is 0 Å². The summed E-state index contributed by atoms with van der Waals surface area (Å²) in [4.78, 5) is 2.22. The summed E-state index contributed by atoms with van der Waals surface area (Å²) in [6.45, 7) is 6.71. The first-order valence-corrected chi connectivity index (χ1v) is 5.29. The summed E-state index contributed by atoms with van der Waals surface area (Å²) in [6, 6.07) is 6.16. The van der Waals surface area contributed by atoms with Crippen LogP contribution in [0, 0.1) is 6.92 Å². The van der Waals surface area contributed by atoms with Crippen molar-refractivity contribution in [3.05, 3.63) is 23.8 Å². The predicted molar refractivity (Wildman–Crippen MR) is 65.4 cm³/mol. The molecule has 0 radical (unpaired) electrons. The van der Waals surface area contributed by atoms with Crippen LogP contribution in [0.5, 0.6) is 0 Å². The molecule has 0 aromatic heterocycles. The number of hydrogen-bond acceptors (Lipinski definition) is 3. The van der Waals surface area contributed by atoms with Gasteiger partial charge in [-0.1, -0.05) is 6.07 Å². The molecule has 0 unspecified atom stereocenters. The second kappa shape index (κ2) is 5.61. The van der Waals surface area contributed by atoms with Crippen molar-refractivity contribution in [1.29, 1.82) is 0 Å². The number of nitrogens with zero attached hydrogens (tertiary/aromatic N) is 1. The Morgan fingerprint density at radius 2 is 2.13 bits per heavy atom. The minimum absolute atomic E-state index is 0.723. The average molecular weight is 208 g/mol. The lowest BCUT2D eigenvalue weighted by Crippen LogP contribution is -2.27. The average Bonchev–Trinajstić information content (AvgIpc) is 2.21. The molecule has 0 heterocycles. The van der Waals surface area contributed by atoms with Gasteiger partial charge in [0.25, 0.3) is 0 Å². The van der Waals surface area contributed by atoms with E-state index in [1.54, 1.807) is 7.11 Å². The zero-order valence-corrected chi connectivity index (χ0v) is 9.79. The van der Waals surface area contributed by atoms with Crippen LogP contribution in [0.2, 0.25) is 0 Å². The number of nitrogens with two attached hydrogens (primary N) is 1. The SMILES string of the molecule is CCN(CCOC)c1ccc(C)cc1N. The molecule has 84 valence electrons. The van der Waals surface area contributed by atoms with E-state index in [0.717, 1.165) is 31.1 Å². The monoisotopic (exact) mass is 208 g/mol. The van der Waals surface area contributed by atoms with E-state index < -0.39 is 0 Å². The van der Waals surface area contributed by atoms with Gasteiger partial charge in [0, 0.05) is 20.2 Å². The fourth-order valence-electron chi connectivity index (χ4n) is 1.61. The van der Waals surface area contributed by atoms with Crippen LogP contribution >= 0.6 is 0 Å². The first-order chi connectivity index (χ1) is 7.19.